The van der Waals surface area contributed by atoms with E-state index in [2.05, 4.69) is 34.6 Å². The lowest BCUT2D eigenvalue weighted by Crippen LogP contribution is -1.68. The summed E-state index contributed by atoms with van der Waals surface area (Å²) in [5.41, 5.74) is 0. The zero-order valence-corrected chi connectivity index (χ0v) is 5.57. The van der Waals surface area contributed by atoms with Gasteiger partial charge in [0.25, 0.3) is 0 Å². The van der Waals surface area contributed by atoms with Gasteiger partial charge in [0, 0.05) is 0 Å². The van der Waals surface area contributed by atoms with Crippen LogP contribution in [-0.2, 0) is 25.3 Å². The maximum absolute atomic E-state index is 4.61. The van der Waals surface area contributed by atoms with Gasteiger partial charge in [0.15, 0.2) is 0 Å². The molecule has 7 heavy (non-hydrogen) atoms. The lowest BCUT2D eigenvalue weighted by molar-refractivity contribution is 1.03. The van der Waals surface area contributed by atoms with Crippen molar-refractivity contribution in [3.05, 3.63) is 0 Å². The summed E-state index contributed by atoms with van der Waals surface area (Å²) in [7, 11) is 0. The van der Waals surface area contributed by atoms with Crippen LogP contribution in [0.1, 0.15) is 0 Å². The molecule has 0 radical (unpaired) electrons. The third-order valence-electron chi connectivity index (χ3n) is 0.389. The second-order valence-electron chi connectivity index (χ2n) is 0.843. The average Bonchev–Trinajstić information content (AvgIpc) is 1.87. The summed E-state index contributed by atoms with van der Waals surface area (Å²) in [6.07, 6.45) is 0. The van der Waals surface area contributed by atoms with Crippen LogP contribution in [-0.4, -0.2) is 9.36 Å². The third-order valence-corrected chi connectivity index (χ3v) is 1.51. The van der Waals surface area contributed by atoms with Crippen molar-refractivity contribution in [2.75, 3.05) is 0 Å². The first-order chi connectivity index (χ1) is 3.29. The Bertz CT molecular complexity index is 143. The predicted octanol–water partition coefficient (Wildman–Crippen LogP) is 0.350. The van der Waals surface area contributed by atoms with Crippen molar-refractivity contribution in [2.45, 2.75) is 9.50 Å². The van der Waals surface area contributed by atoms with Gasteiger partial charge in [-0.3, -0.25) is 16.5 Å². The quantitative estimate of drug-likeness (QED) is 0.496. The van der Waals surface area contributed by atoms with Crippen molar-refractivity contribution in [1.82, 2.24) is 9.36 Å². The minimum Gasteiger partial charge on any atom is -0.741 e. The Balaban J connectivity index is 3.04. The van der Waals surface area contributed by atoms with E-state index >= 15 is 0 Å². The summed E-state index contributed by atoms with van der Waals surface area (Å²) >= 11 is 10.3. The van der Waals surface area contributed by atoms with Gasteiger partial charge >= 0.3 is 0 Å². The summed E-state index contributed by atoms with van der Waals surface area (Å²) in [4.78, 5) is 3.65. The second kappa shape index (κ2) is 1.85. The van der Waals surface area contributed by atoms with E-state index in [0.717, 1.165) is 11.5 Å². The molecule has 0 unspecified atom stereocenters. The summed E-state index contributed by atoms with van der Waals surface area (Å²) in [6, 6.07) is 0. The van der Waals surface area contributed by atoms with E-state index in [9.17, 15) is 0 Å². The molecule has 2 nitrogen and oxygen atoms in total. The van der Waals surface area contributed by atoms with E-state index in [1.54, 1.807) is 0 Å². The second-order valence-corrected chi connectivity index (χ2v) is 2.60. The Hall–Kier alpha value is -0.0000000000000000278. The largest absolute Gasteiger partial charge is 0.741 e. The molecule has 1 rings (SSSR count). The van der Waals surface area contributed by atoms with Crippen molar-refractivity contribution >= 4 is 36.8 Å². The average molecular weight is 148 g/mol. The molecule has 1 aromatic heterocycles. The van der Waals surface area contributed by atoms with E-state index in [0.29, 0.717) is 9.50 Å². The SMILES string of the molecule is [S-]c1nsc([S-])n1. The highest BCUT2D eigenvalue weighted by molar-refractivity contribution is 7.62. The summed E-state index contributed by atoms with van der Waals surface area (Å²) in [5.74, 6) is 0. The van der Waals surface area contributed by atoms with Crippen LogP contribution in [0.25, 0.3) is 0 Å². The summed E-state index contributed by atoms with van der Waals surface area (Å²) < 4.78 is 4.18. The Kier molecular flexibility index (Phi) is 1.36. The molecule has 0 aliphatic rings. The molecule has 0 saturated heterocycles. The van der Waals surface area contributed by atoms with Gasteiger partial charge in [-0.1, -0.05) is 0 Å². The van der Waals surface area contributed by atoms with Crippen LogP contribution < -0.4 is 0 Å². The molecule has 0 spiro atoms. The molecular weight excluding hydrogens is 148 g/mol. The van der Waals surface area contributed by atoms with Gasteiger partial charge in [-0.15, -0.1) is 0 Å². The topological polar surface area (TPSA) is 25.8 Å². The molecule has 1 heterocycles. The minimum absolute atomic E-state index is 0.356. The first-order valence-electron chi connectivity index (χ1n) is 1.47. The van der Waals surface area contributed by atoms with Crippen molar-refractivity contribution in [3.8, 4) is 0 Å². The molecule has 1 aromatic rings. The van der Waals surface area contributed by atoms with Crippen LogP contribution in [0.2, 0.25) is 0 Å². The molecule has 5 heteroatoms. The van der Waals surface area contributed by atoms with E-state index in [-0.39, 0.29) is 0 Å². The molecule has 0 fully saturated rings. The maximum atomic E-state index is 4.61. The number of hydrogen-bond acceptors (Lipinski definition) is 5. The van der Waals surface area contributed by atoms with Gasteiger partial charge in [0.2, 0.25) is 0 Å². The molecule has 0 amide bonds. The Morgan fingerprint density at radius 1 is 1.43 bits per heavy atom. The highest BCUT2D eigenvalue weighted by Gasteiger charge is 1.70. The van der Waals surface area contributed by atoms with E-state index < -0.39 is 0 Å². The predicted molar refractivity (Wildman–Crippen MR) is 31.2 cm³/mol. The third kappa shape index (κ3) is 1.19. The van der Waals surface area contributed by atoms with E-state index in [1.165, 1.54) is 0 Å². The van der Waals surface area contributed by atoms with Gasteiger partial charge < -0.3 is 29.6 Å². The highest BCUT2D eigenvalue weighted by Crippen LogP contribution is 1.99. The molecule has 0 aliphatic heterocycles. The number of rotatable bonds is 0. The van der Waals surface area contributed by atoms with Crippen molar-refractivity contribution in [2.24, 2.45) is 0 Å². The zero-order chi connectivity index (χ0) is 5.28. The first kappa shape index (κ1) is 5.14. The van der Waals surface area contributed by atoms with E-state index in [4.69, 9.17) is 0 Å². The van der Waals surface area contributed by atoms with Crippen LogP contribution in [0, 0.1) is 0 Å². The van der Waals surface area contributed by atoms with Gasteiger partial charge in [-0.25, -0.2) is 0 Å². The van der Waals surface area contributed by atoms with Crippen molar-refractivity contribution in [3.63, 3.8) is 0 Å². The van der Waals surface area contributed by atoms with Gasteiger partial charge in [-0.05, 0) is 9.50 Å². The number of hydrogen-bond donors (Lipinski definition) is 0. The lowest BCUT2D eigenvalue weighted by Gasteiger charge is -1.90. The summed E-state index contributed by atoms with van der Waals surface area (Å²) in [5, 5.41) is 0.356. The molecule has 0 bridgehead atoms. The molecule has 0 N–H and O–H groups in total. The smallest absolute Gasteiger partial charge is 0.00349 e. The molecule has 0 aromatic carbocycles. The number of nitrogens with zero attached hydrogens (tertiary/aromatic N) is 2. The molecular formula is C2N2S3-2. The highest BCUT2D eigenvalue weighted by atomic mass is 32.2. The Morgan fingerprint density at radius 3 is 2.29 bits per heavy atom. The monoisotopic (exact) mass is 148 g/mol. The molecule has 0 saturated carbocycles. The molecule has 38 valence electrons. The van der Waals surface area contributed by atoms with Gasteiger partial charge in [0.1, 0.15) is 0 Å². The molecule has 0 atom stereocenters. The van der Waals surface area contributed by atoms with E-state index in [1.807, 2.05) is 0 Å². The zero-order valence-electron chi connectivity index (χ0n) is 3.12. The first-order valence-corrected chi connectivity index (χ1v) is 3.06. The van der Waals surface area contributed by atoms with Crippen LogP contribution >= 0.6 is 11.5 Å². The van der Waals surface area contributed by atoms with Crippen molar-refractivity contribution < 1.29 is 0 Å². The van der Waals surface area contributed by atoms with Gasteiger partial charge in [0.05, 0.1) is 0 Å². The normalized spacial score (nSPS) is 9.14. The molecule has 0 aliphatic carbocycles. The van der Waals surface area contributed by atoms with Gasteiger partial charge in [-0.2, -0.15) is 0 Å². The van der Waals surface area contributed by atoms with Crippen LogP contribution in [0.15, 0.2) is 9.50 Å². The summed E-state index contributed by atoms with van der Waals surface area (Å²) in [6.45, 7) is 0. The Morgan fingerprint density at radius 2 is 2.14 bits per heavy atom. The van der Waals surface area contributed by atoms with Crippen LogP contribution in [0.3, 0.4) is 0 Å². The number of aromatic nitrogens is 2. The fourth-order valence-corrected chi connectivity index (χ4v) is 1.04. The van der Waals surface area contributed by atoms with Crippen LogP contribution in [0.5, 0.6) is 0 Å². The Labute approximate surface area is 56.0 Å². The van der Waals surface area contributed by atoms with Crippen LogP contribution in [0.4, 0.5) is 0 Å². The standard InChI is InChI=1S/C2H2N2S3/c5-1-3-2(6)7-4-1/h(H2,3,4,5,6)/p-2. The minimum atomic E-state index is 0.356. The fourth-order valence-electron chi connectivity index (χ4n) is 0.197. The fraction of sp³-hybridized carbons (Fsp3) is 0. The van der Waals surface area contributed by atoms with Crippen molar-refractivity contribution in [1.29, 1.82) is 0 Å². The lowest BCUT2D eigenvalue weighted by atomic mass is 11.3. The maximum Gasteiger partial charge on any atom is -0.00349 e.